The number of hydrogen-bond donors (Lipinski definition) is 2. The van der Waals surface area contributed by atoms with E-state index in [0.29, 0.717) is 6.42 Å². The number of carboxylic acids is 1. The molecule has 1 atom stereocenters. The Bertz CT molecular complexity index is 544. The summed E-state index contributed by atoms with van der Waals surface area (Å²) < 4.78 is 0. The zero-order valence-corrected chi connectivity index (χ0v) is 13.5. The highest BCUT2D eigenvalue weighted by Gasteiger charge is 2.24. The van der Waals surface area contributed by atoms with Gasteiger partial charge in [0.25, 0.3) is 5.91 Å². The molecular weight excluding hydrogens is 317 g/mol. The first-order valence-electron chi connectivity index (χ1n) is 6.30. The van der Waals surface area contributed by atoms with Gasteiger partial charge in [-0.2, -0.15) is 0 Å². The van der Waals surface area contributed by atoms with E-state index in [4.69, 9.17) is 28.3 Å². The number of hydrogen-bond acceptors (Lipinski definition) is 4. The van der Waals surface area contributed by atoms with Gasteiger partial charge in [0.15, 0.2) is 10.3 Å². The maximum atomic E-state index is 12.2. The van der Waals surface area contributed by atoms with Crippen molar-refractivity contribution in [2.75, 3.05) is 0 Å². The van der Waals surface area contributed by atoms with Crippen molar-refractivity contribution in [2.45, 2.75) is 39.7 Å². The van der Waals surface area contributed by atoms with Gasteiger partial charge in [0.2, 0.25) is 0 Å². The van der Waals surface area contributed by atoms with Gasteiger partial charge in [0, 0.05) is 6.04 Å². The number of carbonyl (C=O) groups is 2. The average Bonchev–Trinajstić information content (AvgIpc) is 2.28. The lowest BCUT2D eigenvalue weighted by atomic mass is 9.87. The third-order valence-electron chi connectivity index (χ3n) is 2.58. The van der Waals surface area contributed by atoms with E-state index in [1.807, 2.05) is 20.8 Å². The van der Waals surface area contributed by atoms with Crippen molar-refractivity contribution in [1.82, 2.24) is 15.5 Å². The summed E-state index contributed by atoms with van der Waals surface area (Å²) in [7, 11) is 0. The molecule has 1 unspecified atom stereocenters. The van der Waals surface area contributed by atoms with Crippen LogP contribution in [0.3, 0.4) is 0 Å². The van der Waals surface area contributed by atoms with E-state index < -0.39 is 17.9 Å². The number of amides is 1. The predicted octanol–water partition coefficient (Wildman–Crippen LogP) is 2.79. The van der Waals surface area contributed by atoms with Gasteiger partial charge < -0.3 is 10.4 Å². The summed E-state index contributed by atoms with van der Waals surface area (Å²) in [5.41, 5.74) is -0.0633. The molecule has 6 nitrogen and oxygen atoms in total. The first kappa shape index (κ1) is 17.7. The van der Waals surface area contributed by atoms with E-state index in [9.17, 15) is 9.59 Å². The fourth-order valence-electron chi connectivity index (χ4n) is 1.90. The normalized spacial score (nSPS) is 12.8. The summed E-state index contributed by atoms with van der Waals surface area (Å²) >= 11 is 11.5. The van der Waals surface area contributed by atoms with Gasteiger partial charge in [-0.3, -0.25) is 9.59 Å². The van der Waals surface area contributed by atoms with E-state index in [0.717, 1.165) is 0 Å². The lowest BCUT2D eigenvalue weighted by Gasteiger charge is -2.25. The van der Waals surface area contributed by atoms with Crippen LogP contribution < -0.4 is 5.32 Å². The molecule has 1 heterocycles. The Balaban J connectivity index is 2.89. The zero-order valence-electron chi connectivity index (χ0n) is 12.0. The van der Waals surface area contributed by atoms with Crippen LogP contribution in [0.5, 0.6) is 0 Å². The van der Waals surface area contributed by atoms with Crippen molar-refractivity contribution in [1.29, 1.82) is 0 Å². The van der Waals surface area contributed by atoms with Crippen molar-refractivity contribution >= 4 is 35.1 Å². The van der Waals surface area contributed by atoms with Crippen LogP contribution in [-0.4, -0.2) is 33.2 Å². The monoisotopic (exact) mass is 333 g/mol. The molecule has 0 aliphatic rings. The summed E-state index contributed by atoms with van der Waals surface area (Å²) in [6.07, 6.45) is 0.335. The van der Waals surface area contributed by atoms with Crippen LogP contribution >= 0.6 is 23.2 Å². The molecule has 0 saturated heterocycles. The van der Waals surface area contributed by atoms with Crippen molar-refractivity contribution in [3.8, 4) is 0 Å². The quantitative estimate of drug-likeness (QED) is 0.864. The molecular formula is C13H17Cl2N3O3. The third-order valence-corrected chi connectivity index (χ3v) is 3.04. The van der Waals surface area contributed by atoms with E-state index in [1.54, 1.807) is 0 Å². The minimum absolute atomic E-state index is 0.0372. The molecule has 1 aromatic heterocycles. The van der Waals surface area contributed by atoms with Crippen molar-refractivity contribution in [3.63, 3.8) is 0 Å². The van der Waals surface area contributed by atoms with Crippen LogP contribution in [0.15, 0.2) is 6.07 Å². The fourth-order valence-corrected chi connectivity index (χ4v) is 2.22. The number of nitrogens with one attached hydrogen (secondary N) is 1. The van der Waals surface area contributed by atoms with Gasteiger partial charge in [-0.25, -0.2) is 0 Å². The highest BCUT2D eigenvalue weighted by atomic mass is 35.5. The van der Waals surface area contributed by atoms with Crippen LogP contribution in [0.4, 0.5) is 0 Å². The second-order valence-corrected chi connectivity index (χ2v) is 6.65. The molecule has 0 fully saturated rings. The number of carbonyl (C=O) groups excluding carboxylic acids is 1. The van der Waals surface area contributed by atoms with E-state index in [-0.39, 0.29) is 27.7 Å². The molecule has 8 heteroatoms. The molecule has 1 aromatic rings. The summed E-state index contributed by atoms with van der Waals surface area (Å²) in [4.78, 5) is 23.1. The maximum absolute atomic E-state index is 12.2. The smallest absolute Gasteiger partial charge is 0.305 e. The average molecular weight is 334 g/mol. The largest absolute Gasteiger partial charge is 0.481 e. The molecule has 116 valence electrons. The summed E-state index contributed by atoms with van der Waals surface area (Å²) in [5.74, 6) is -1.51. The Morgan fingerprint density at radius 1 is 1.33 bits per heavy atom. The van der Waals surface area contributed by atoms with Gasteiger partial charge in [0.1, 0.15) is 0 Å². The molecule has 1 amide bonds. The molecule has 0 saturated carbocycles. The topological polar surface area (TPSA) is 92.2 Å². The number of halogens is 2. The van der Waals surface area contributed by atoms with E-state index in [2.05, 4.69) is 15.5 Å². The lowest BCUT2D eigenvalue weighted by Crippen LogP contribution is -2.39. The molecule has 0 aliphatic carbocycles. The van der Waals surface area contributed by atoms with Gasteiger partial charge in [-0.05, 0) is 17.9 Å². The standard InChI is InChI=1S/C13H17Cl2N3O3/c1-13(2,3)6-7(4-10(19)20)16-12(21)8-5-9(14)17-18-11(8)15/h5,7H,4,6H2,1-3H3,(H,16,21)(H,19,20). The van der Waals surface area contributed by atoms with Gasteiger partial charge in [-0.1, -0.05) is 44.0 Å². The third kappa shape index (κ3) is 6.27. The summed E-state index contributed by atoms with van der Waals surface area (Å²) in [6.45, 7) is 5.89. The molecule has 21 heavy (non-hydrogen) atoms. The Kier molecular flexibility index (Phi) is 5.92. The second kappa shape index (κ2) is 7.04. The molecule has 0 radical (unpaired) electrons. The molecule has 0 spiro atoms. The van der Waals surface area contributed by atoms with Crippen molar-refractivity contribution in [3.05, 3.63) is 21.9 Å². The molecule has 0 bridgehead atoms. The highest BCUT2D eigenvalue weighted by molar-refractivity contribution is 6.34. The number of aliphatic carboxylic acids is 1. The SMILES string of the molecule is CC(C)(C)CC(CC(=O)O)NC(=O)c1cc(Cl)nnc1Cl. The highest BCUT2D eigenvalue weighted by Crippen LogP contribution is 2.23. The molecule has 2 N–H and O–H groups in total. The lowest BCUT2D eigenvalue weighted by molar-refractivity contribution is -0.137. The number of aromatic nitrogens is 2. The van der Waals surface area contributed by atoms with Gasteiger partial charge >= 0.3 is 5.97 Å². The number of nitrogens with zero attached hydrogens (tertiary/aromatic N) is 2. The van der Waals surface area contributed by atoms with Crippen LogP contribution in [-0.2, 0) is 4.79 Å². The van der Waals surface area contributed by atoms with E-state index in [1.165, 1.54) is 6.07 Å². The summed E-state index contributed by atoms with van der Waals surface area (Å²) in [6, 6.07) is 0.777. The Morgan fingerprint density at radius 2 is 1.95 bits per heavy atom. The van der Waals surface area contributed by atoms with Crippen molar-refractivity contribution < 1.29 is 14.7 Å². The first-order chi connectivity index (χ1) is 9.58. The second-order valence-electron chi connectivity index (χ2n) is 5.90. The van der Waals surface area contributed by atoms with Gasteiger partial charge in [0.05, 0.1) is 12.0 Å². The molecule has 1 rings (SSSR count). The predicted molar refractivity (Wildman–Crippen MR) is 79.6 cm³/mol. The number of rotatable bonds is 5. The van der Waals surface area contributed by atoms with Crippen LogP contribution in [0.2, 0.25) is 10.3 Å². The van der Waals surface area contributed by atoms with Crippen LogP contribution in [0, 0.1) is 5.41 Å². The van der Waals surface area contributed by atoms with Gasteiger partial charge in [-0.15, -0.1) is 10.2 Å². The maximum Gasteiger partial charge on any atom is 0.305 e. The zero-order chi connectivity index (χ0) is 16.2. The van der Waals surface area contributed by atoms with Crippen LogP contribution in [0.1, 0.15) is 44.0 Å². The Labute approximate surface area is 132 Å². The Hall–Kier alpha value is -1.40. The fraction of sp³-hybridized carbons (Fsp3) is 0.538. The Morgan fingerprint density at radius 3 is 2.48 bits per heavy atom. The van der Waals surface area contributed by atoms with Crippen LogP contribution in [0.25, 0.3) is 0 Å². The summed E-state index contributed by atoms with van der Waals surface area (Å²) in [5, 5.41) is 18.6. The minimum Gasteiger partial charge on any atom is -0.481 e. The molecule has 0 aromatic carbocycles. The van der Waals surface area contributed by atoms with Crippen molar-refractivity contribution in [2.24, 2.45) is 5.41 Å². The molecule has 0 aliphatic heterocycles. The first-order valence-corrected chi connectivity index (χ1v) is 7.05. The minimum atomic E-state index is -0.985. The number of carboxylic acid groups (broad SMARTS) is 1. The van der Waals surface area contributed by atoms with E-state index >= 15 is 0 Å².